The zero-order valence-electron chi connectivity index (χ0n) is 11.0. The average Bonchev–Trinajstić information content (AvgIpc) is 2.33. The molecule has 0 saturated heterocycles. The summed E-state index contributed by atoms with van der Waals surface area (Å²) in [4.78, 5) is 15.3. The minimum Gasteiger partial charge on any atom is -0.453 e. The second-order valence-corrected chi connectivity index (χ2v) is 4.22. The summed E-state index contributed by atoms with van der Waals surface area (Å²) in [5.74, 6) is -0.297. The molecule has 0 fully saturated rings. The Morgan fingerprint density at radius 1 is 1.28 bits per heavy atom. The van der Waals surface area contributed by atoms with Crippen LogP contribution in [-0.2, 0) is 9.53 Å². The van der Waals surface area contributed by atoms with Crippen LogP contribution in [0.15, 0.2) is 47.5 Å². The van der Waals surface area contributed by atoms with E-state index in [4.69, 9.17) is 4.74 Å². The molecular weight excluding hydrogens is 226 g/mol. The summed E-state index contributed by atoms with van der Waals surface area (Å²) >= 11 is 0. The number of ether oxygens (including phenoxy) is 1. The van der Waals surface area contributed by atoms with Gasteiger partial charge in [-0.25, -0.2) is 0 Å². The highest BCUT2D eigenvalue weighted by Crippen LogP contribution is 2.18. The Morgan fingerprint density at radius 2 is 1.94 bits per heavy atom. The second-order valence-electron chi connectivity index (χ2n) is 4.22. The molecule has 0 radical (unpaired) electrons. The van der Waals surface area contributed by atoms with Gasteiger partial charge in [-0.15, -0.1) is 0 Å². The largest absolute Gasteiger partial charge is 0.453 e. The summed E-state index contributed by atoms with van der Waals surface area (Å²) in [6.45, 7) is 5.42. The van der Waals surface area contributed by atoms with Crippen molar-refractivity contribution in [3.05, 3.63) is 48.0 Å². The Balaban J connectivity index is 2.77. The van der Waals surface area contributed by atoms with Gasteiger partial charge in [0.25, 0.3) is 0 Å². The molecule has 0 aromatic heterocycles. The molecule has 0 spiro atoms. The summed E-state index contributed by atoms with van der Waals surface area (Å²) in [7, 11) is 0. The Kier molecular flexibility index (Phi) is 5.85. The molecule has 0 saturated carbocycles. The van der Waals surface area contributed by atoms with Crippen molar-refractivity contribution < 1.29 is 9.53 Å². The van der Waals surface area contributed by atoms with E-state index < -0.39 is 0 Å². The van der Waals surface area contributed by atoms with E-state index in [9.17, 15) is 4.79 Å². The number of hydrogen-bond acceptors (Lipinski definition) is 3. The van der Waals surface area contributed by atoms with E-state index in [0.29, 0.717) is 0 Å². The van der Waals surface area contributed by atoms with E-state index in [0.717, 1.165) is 5.56 Å². The van der Waals surface area contributed by atoms with Crippen LogP contribution in [0.3, 0.4) is 0 Å². The van der Waals surface area contributed by atoms with Gasteiger partial charge in [0.05, 0.1) is 0 Å². The minimum atomic E-state index is -0.359. The lowest BCUT2D eigenvalue weighted by atomic mass is 10.1. The van der Waals surface area contributed by atoms with Crippen molar-refractivity contribution in [1.82, 2.24) is 0 Å². The molecule has 3 heteroatoms. The maximum atomic E-state index is 11.1. The molecule has 0 amide bonds. The van der Waals surface area contributed by atoms with Crippen LogP contribution in [0, 0.1) is 0 Å². The van der Waals surface area contributed by atoms with Gasteiger partial charge in [-0.05, 0) is 31.6 Å². The number of carbonyl (C=O) groups is 1. The minimum absolute atomic E-state index is 0.263. The maximum Gasteiger partial charge on any atom is 0.303 e. The highest BCUT2D eigenvalue weighted by Gasteiger charge is 2.09. The van der Waals surface area contributed by atoms with E-state index in [1.165, 1.54) is 6.92 Å². The number of hydrogen-bond donors (Lipinski definition) is 0. The monoisotopic (exact) mass is 245 g/mol. The lowest BCUT2D eigenvalue weighted by molar-refractivity contribution is -0.144. The van der Waals surface area contributed by atoms with Crippen LogP contribution in [0.25, 0.3) is 0 Å². The van der Waals surface area contributed by atoms with Crippen molar-refractivity contribution >= 4 is 12.2 Å². The second kappa shape index (κ2) is 7.43. The van der Waals surface area contributed by atoms with Gasteiger partial charge < -0.3 is 4.74 Å². The first-order valence-corrected chi connectivity index (χ1v) is 6.01. The molecule has 3 nitrogen and oxygen atoms in total. The first-order chi connectivity index (χ1) is 8.59. The molecule has 96 valence electrons. The molecule has 0 bridgehead atoms. The van der Waals surface area contributed by atoms with Crippen LogP contribution in [0.2, 0.25) is 0 Å². The van der Waals surface area contributed by atoms with Crippen LogP contribution >= 0.6 is 0 Å². The van der Waals surface area contributed by atoms with E-state index >= 15 is 0 Å². The van der Waals surface area contributed by atoms with E-state index in [1.54, 1.807) is 12.3 Å². The fraction of sp³-hybridized carbons (Fsp3) is 0.333. The molecule has 1 unspecified atom stereocenters. The lowest BCUT2D eigenvalue weighted by Gasteiger charge is -2.12. The molecule has 0 aliphatic rings. The third kappa shape index (κ3) is 5.43. The van der Waals surface area contributed by atoms with Crippen LogP contribution in [0.4, 0.5) is 0 Å². The highest BCUT2D eigenvalue weighted by molar-refractivity contribution is 5.71. The predicted molar refractivity (Wildman–Crippen MR) is 73.7 cm³/mol. The summed E-state index contributed by atoms with van der Waals surface area (Å²) in [6, 6.07) is 9.88. The molecule has 1 atom stereocenters. The summed E-state index contributed by atoms with van der Waals surface area (Å²) in [5, 5.41) is 0. The normalized spacial score (nSPS) is 13.3. The number of aliphatic imine (C=N–C) groups is 1. The zero-order chi connectivity index (χ0) is 13.4. The lowest BCUT2D eigenvalue weighted by Crippen LogP contribution is -2.06. The van der Waals surface area contributed by atoms with E-state index in [2.05, 4.69) is 4.99 Å². The topological polar surface area (TPSA) is 38.7 Å². The van der Waals surface area contributed by atoms with Crippen molar-refractivity contribution in [2.45, 2.75) is 32.9 Å². The summed E-state index contributed by atoms with van der Waals surface area (Å²) in [5.41, 5.74) is 0.946. The van der Waals surface area contributed by atoms with E-state index in [-0.39, 0.29) is 18.1 Å². The predicted octanol–water partition coefficient (Wildman–Crippen LogP) is 3.33. The number of allylic oxidation sites excluding steroid dienone is 1. The number of esters is 1. The van der Waals surface area contributed by atoms with Gasteiger partial charge in [0.1, 0.15) is 6.10 Å². The molecular formula is C15H19NO2. The first kappa shape index (κ1) is 14.2. The van der Waals surface area contributed by atoms with Crippen LogP contribution in [0.5, 0.6) is 0 Å². The maximum absolute atomic E-state index is 11.1. The van der Waals surface area contributed by atoms with Crippen LogP contribution in [0.1, 0.15) is 32.4 Å². The van der Waals surface area contributed by atoms with Crippen molar-refractivity contribution in [3.8, 4) is 0 Å². The van der Waals surface area contributed by atoms with Gasteiger partial charge in [0.15, 0.2) is 0 Å². The molecule has 1 rings (SSSR count). The fourth-order valence-corrected chi connectivity index (χ4v) is 1.41. The number of carbonyl (C=O) groups excluding carboxylic acids is 1. The molecule has 1 aromatic rings. The third-order valence-electron chi connectivity index (χ3n) is 2.18. The first-order valence-electron chi connectivity index (χ1n) is 6.01. The van der Waals surface area contributed by atoms with Crippen molar-refractivity contribution in [2.24, 2.45) is 4.99 Å². The summed E-state index contributed by atoms with van der Waals surface area (Å²) in [6.07, 6.45) is 5.00. The van der Waals surface area contributed by atoms with Crippen LogP contribution < -0.4 is 0 Å². The van der Waals surface area contributed by atoms with Crippen molar-refractivity contribution in [3.63, 3.8) is 0 Å². The van der Waals surface area contributed by atoms with Crippen LogP contribution in [-0.4, -0.2) is 18.2 Å². The number of rotatable bonds is 5. The third-order valence-corrected chi connectivity index (χ3v) is 2.18. The number of nitrogens with zero attached hydrogens (tertiary/aromatic N) is 1. The van der Waals surface area contributed by atoms with Gasteiger partial charge in [0, 0.05) is 19.2 Å². The summed E-state index contributed by atoms with van der Waals surface area (Å²) < 4.78 is 5.26. The molecule has 18 heavy (non-hydrogen) atoms. The Labute approximate surface area is 108 Å². The quantitative estimate of drug-likeness (QED) is 0.589. The van der Waals surface area contributed by atoms with Gasteiger partial charge >= 0.3 is 5.97 Å². The SMILES string of the molecule is CC(=O)OC(/C=C/C=NC(C)C)c1ccccc1. The number of benzene rings is 1. The van der Waals surface area contributed by atoms with Gasteiger partial charge in [-0.1, -0.05) is 30.3 Å². The van der Waals surface area contributed by atoms with Crippen molar-refractivity contribution in [2.75, 3.05) is 0 Å². The Hall–Kier alpha value is -1.90. The molecule has 0 aliphatic heterocycles. The molecule has 0 heterocycles. The average molecular weight is 245 g/mol. The fourth-order valence-electron chi connectivity index (χ4n) is 1.41. The van der Waals surface area contributed by atoms with Crippen molar-refractivity contribution in [1.29, 1.82) is 0 Å². The smallest absolute Gasteiger partial charge is 0.303 e. The Morgan fingerprint density at radius 3 is 2.50 bits per heavy atom. The van der Waals surface area contributed by atoms with E-state index in [1.807, 2.05) is 50.3 Å². The standard InChI is InChI=1S/C15H19NO2/c1-12(2)16-11-7-10-15(18-13(3)17)14-8-5-4-6-9-14/h4-12,15H,1-3H3/b10-7+,16-11?. The highest BCUT2D eigenvalue weighted by atomic mass is 16.5. The van der Waals surface area contributed by atoms with Gasteiger partial charge in [0.2, 0.25) is 0 Å². The zero-order valence-corrected chi connectivity index (χ0v) is 11.0. The molecule has 0 N–H and O–H groups in total. The Bertz CT molecular complexity index is 421. The van der Waals surface area contributed by atoms with Gasteiger partial charge in [-0.3, -0.25) is 9.79 Å². The molecule has 1 aromatic carbocycles. The van der Waals surface area contributed by atoms with Gasteiger partial charge in [-0.2, -0.15) is 0 Å². The molecule has 0 aliphatic carbocycles.